The maximum Gasteiger partial charge on any atom is 0.325 e. The molecule has 1 saturated heterocycles. The first kappa shape index (κ1) is 25.2. The first-order chi connectivity index (χ1) is 16.4. The smallest absolute Gasteiger partial charge is 0.325 e. The molecule has 0 saturated carbocycles. The molecule has 1 fully saturated rings. The van der Waals surface area contributed by atoms with Crippen LogP contribution in [-0.2, 0) is 16.0 Å². The summed E-state index contributed by atoms with van der Waals surface area (Å²) < 4.78 is 10.7. The van der Waals surface area contributed by atoms with E-state index >= 15 is 0 Å². The van der Waals surface area contributed by atoms with Crippen molar-refractivity contribution in [2.75, 3.05) is 50.6 Å². The van der Waals surface area contributed by atoms with Crippen LogP contribution in [0.3, 0.4) is 0 Å². The summed E-state index contributed by atoms with van der Waals surface area (Å²) in [5, 5.41) is 17.6. The number of nitrogens with zero attached hydrogens (tertiary/aromatic N) is 4. The summed E-state index contributed by atoms with van der Waals surface area (Å²) in [5.74, 6) is 0.660. The lowest BCUT2D eigenvalue weighted by atomic mass is 10.1. The molecule has 1 aromatic heterocycles. The van der Waals surface area contributed by atoms with Crippen molar-refractivity contribution < 1.29 is 19.1 Å². The lowest BCUT2D eigenvalue weighted by Crippen LogP contribution is -2.49. The molecule has 0 bridgehead atoms. The zero-order chi connectivity index (χ0) is 24.5. The average molecular weight is 488 g/mol. The Balaban J connectivity index is 1.56. The first-order valence-electron chi connectivity index (χ1n) is 10.7. The van der Waals surface area contributed by atoms with Crippen LogP contribution in [0.15, 0.2) is 24.5 Å². The van der Waals surface area contributed by atoms with Crippen molar-refractivity contribution in [1.82, 2.24) is 20.2 Å². The highest BCUT2D eigenvalue weighted by molar-refractivity contribution is 6.31. The second-order valence-electron chi connectivity index (χ2n) is 7.49. The maximum absolute atomic E-state index is 12.5. The van der Waals surface area contributed by atoms with Crippen molar-refractivity contribution in [3.8, 4) is 11.8 Å². The van der Waals surface area contributed by atoms with Gasteiger partial charge in [0.2, 0.25) is 5.91 Å². The second-order valence-corrected chi connectivity index (χ2v) is 7.89. The molecule has 0 unspecified atom stereocenters. The number of halogens is 1. The van der Waals surface area contributed by atoms with Gasteiger partial charge in [-0.2, -0.15) is 5.26 Å². The van der Waals surface area contributed by atoms with Crippen LogP contribution in [0.1, 0.15) is 18.2 Å². The number of nitriles is 1. The number of benzene rings is 1. The zero-order valence-electron chi connectivity index (χ0n) is 18.9. The van der Waals surface area contributed by atoms with Gasteiger partial charge in [0, 0.05) is 18.1 Å². The summed E-state index contributed by atoms with van der Waals surface area (Å²) >= 11 is 6.44. The summed E-state index contributed by atoms with van der Waals surface area (Å²) in [6, 6.07) is 4.30. The minimum absolute atomic E-state index is 0.0458. The molecule has 180 valence electrons. The van der Waals surface area contributed by atoms with E-state index in [1.54, 1.807) is 17.0 Å². The highest BCUT2D eigenvalue weighted by Gasteiger charge is 2.22. The Bertz CT molecular complexity index is 1050. The quantitative estimate of drug-likeness (QED) is 0.513. The average Bonchev–Trinajstić information content (AvgIpc) is 2.85. The number of urea groups is 1. The van der Waals surface area contributed by atoms with Gasteiger partial charge in [0.25, 0.3) is 0 Å². The van der Waals surface area contributed by atoms with Gasteiger partial charge in [-0.15, -0.1) is 0 Å². The molecule has 2 heterocycles. The van der Waals surface area contributed by atoms with Gasteiger partial charge in [0.15, 0.2) is 11.5 Å². The number of carbonyl (C=O) groups is 2. The van der Waals surface area contributed by atoms with E-state index in [1.165, 1.54) is 19.5 Å². The van der Waals surface area contributed by atoms with Crippen molar-refractivity contribution >= 4 is 35.0 Å². The highest BCUT2D eigenvalue weighted by atomic mass is 35.5. The number of anilines is 2. The molecular weight excluding hydrogens is 462 g/mol. The van der Waals surface area contributed by atoms with Crippen LogP contribution in [-0.4, -0.2) is 72.8 Å². The van der Waals surface area contributed by atoms with Crippen molar-refractivity contribution in [3.63, 3.8) is 0 Å². The SMILES string of the molecule is COc1cc(CCN[C@H](C)C(=O)N2CCOCC2)c(Cl)cc1NC(=O)Nc1cnc(C#N)cn1. The van der Waals surface area contributed by atoms with Gasteiger partial charge in [0.1, 0.15) is 11.8 Å². The molecule has 0 aliphatic carbocycles. The largest absolute Gasteiger partial charge is 0.495 e. The van der Waals surface area contributed by atoms with Crippen molar-refractivity contribution in [2.45, 2.75) is 19.4 Å². The fourth-order valence-electron chi connectivity index (χ4n) is 3.34. The van der Waals surface area contributed by atoms with Crippen LogP contribution in [0, 0.1) is 11.3 Å². The summed E-state index contributed by atoms with van der Waals surface area (Å²) in [6.45, 7) is 4.70. The molecule has 0 radical (unpaired) electrons. The van der Waals surface area contributed by atoms with Crippen LogP contribution < -0.4 is 20.7 Å². The lowest BCUT2D eigenvalue weighted by molar-refractivity contribution is -0.137. The number of rotatable bonds is 8. The number of methoxy groups -OCH3 is 1. The van der Waals surface area contributed by atoms with Gasteiger partial charge < -0.3 is 25.0 Å². The summed E-state index contributed by atoms with van der Waals surface area (Å²) in [6.07, 6.45) is 3.09. The summed E-state index contributed by atoms with van der Waals surface area (Å²) in [4.78, 5) is 34.4. The number of morpholine rings is 1. The van der Waals surface area contributed by atoms with E-state index in [0.717, 1.165) is 5.56 Å². The van der Waals surface area contributed by atoms with Gasteiger partial charge in [0.05, 0.1) is 44.4 Å². The standard InChI is InChI=1S/C22H26ClN7O4/c1-14(21(31)30-5-7-34-8-6-30)25-4-3-15-9-19(33-2)18(10-17(15)23)28-22(32)29-20-13-26-16(11-24)12-27-20/h9-10,12-14,25H,3-8H2,1-2H3,(H2,27,28,29,32)/t14-/m1/s1. The molecule has 3 rings (SSSR count). The zero-order valence-corrected chi connectivity index (χ0v) is 19.7. The molecular formula is C22H26ClN7O4. The number of ether oxygens (including phenoxy) is 2. The molecule has 34 heavy (non-hydrogen) atoms. The third kappa shape index (κ3) is 6.77. The molecule has 1 atom stereocenters. The number of hydrogen-bond acceptors (Lipinski definition) is 8. The van der Waals surface area contributed by atoms with Gasteiger partial charge in [-0.1, -0.05) is 11.6 Å². The van der Waals surface area contributed by atoms with E-state index in [1.807, 2.05) is 13.0 Å². The number of carbonyl (C=O) groups excluding carboxylic acids is 2. The highest BCUT2D eigenvalue weighted by Crippen LogP contribution is 2.31. The third-order valence-electron chi connectivity index (χ3n) is 5.16. The molecule has 1 aliphatic heterocycles. The second kappa shape index (κ2) is 12.1. The van der Waals surface area contributed by atoms with Crippen LogP contribution in [0.4, 0.5) is 16.3 Å². The normalized spacial score (nSPS) is 14.1. The van der Waals surface area contributed by atoms with E-state index in [0.29, 0.717) is 55.7 Å². The third-order valence-corrected chi connectivity index (χ3v) is 5.51. The number of nitrogens with one attached hydrogen (secondary N) is 3. The van der Waals surface area contributed by atoms with Crippen molar-refractivity contribution in [2.24, 2.45) is 0 Å². The van der Waals surface area contributed by atoms with Crippen LogP contribution in [0.2, 0.25) is 5.02 Å². The lowest BCUT2D eigenvalue weighted by Gasteiger charge is -2.29. The van der Waals surface area contributed by atoms with Gasteiger partial charge in [-0.3, -0.25) is 10.1 Å². The molecule has 12 heteroatoms. The van der Waals surface area contributed by atoms with E-state index < -0.39 is 6.03 Å². The predicted molar refractivity (Wildman–Crippen MR) is 126 cm³/mol. The molecule has 11 nitrogen and oxygen atoms in total. The molecule has 0 spiro atoms. The van der Waals surface area contributed by atoms with Gasteiger partial charge in [-0.25, -0.2) is 14.8 Å². The Hall–Kier alpha value is -3.46. The Labute approximate surface area is 202 Å². The van der Waals surface area contributed by atoms with Gasteiger partial charge in [-0.05, 0) is 37.6 Å². The van der Waals surface area contributed by atoms with Crippen LogP contribution >= 0.6 is 11.6 Å². The first-order valence-corrected chi connectivity index (χ1v) is 11.1. The molecule has 1 aromatic carbocycles. The van der Waals surface area contributed by atoms with Crippen LogP contribution in [0.25, 0.3) is 0 Å². The van der Waals surface area contributed by atoms with E-state index in [4.69, 9.17) is 26.3 Å². The number of hydrogen-bond donors (Lipinski definition) is 3. The minimum Gasteiger partial charge on any atom is -0.495 e. The fourth-order valence-corrected chi connectivity index (χ4v) is 3.60. The van der Waals surface area contributed by atoms with Crippen LogP contribution in [0.5, 0.6) is 5.75 Å². The van der Waals surface area contributed by atoms with Crippen molar-refractivity contribution in [1.29, 1.82) is 5.26 Å². The maximum atomic E-state index is 12.5. The predicted octanol–water partition coefficient (Wildman–Crippen LogP) is 2.03. The summed E-state index contributed by atoms with van der Waals surface area (Å²) in [5.41, 5.74) is 1.32. The molecule has 1 aliphatic rings. The number of amides is 3. The molecule has 2 aromatic rings. The van der Waals surface area contributed by atoms with Gasteiger partial charge >= 0.3 is 6.03 Å². The minimum atomic E-state index is -0.571. The molecule has 3 amide bonds. The topological polar surface area (TPSA) is 142 Å². The van der Waals surface area contributed by atoms with Crippen molar-refractivity contribution in [3.05, 3.63) is 40.8 Å². The Morgan fingerprint density at radius 1 is 1.26 bits per heavy atom. The fraction of sp³-hybridized carbons (Fsp3) is 0.409. The van der Waals surface area contributed by atoms with E-state index in [-0.39, 0.29) is 23.5 Å². The Morgan fingerprint density at radius 2 is 2.03 bits per heavy atom. The van der Waals surface area contributed by atoms with E-state index in [2.05, 4.69) is 25.9 Å². The Kier molecular flexibility index (Phi) is 8.98. The van der Waals surface area contributed by atoms with E-state index in [9.17, 15) is 9.59 Å². The Morgan fingerprint density at radius 3 is 2.68 bits per heavy atom. The molecule has 3 N–H and O–H groups in total. The monoisotopic (exact) mass is 487 g/mol. The summed E-state index contributed by atoms with van der Waals surface area (Å²) in [7, 11) is 1.49. The number of aromatic nitrogens is 2.